The van der Waals surface area contributed by atoms with Gasteiger partial charge in [-0.3, -0.25) is 5.10 Å². The summed E-state index contributed by atoms with van der Waals surface area (Å²) in [5, 5.41) is 6.77. The van der Waals surface area contributed by atoms with Gasteiger partial charge in [-0.15, -0.1) is 0 Å². The standard InChI is InChI=1S/C18H19FN4O2S/c1-12-21-22-18(26)23(12)20-10-13-7-5-9-16(24-2)17(13)25-11-14-6-3-4-8-15(14)19/h3-9,20H,10-11H2,1-2H3,(H,22,26). The van der Waals surface area contributed by atoms with Crippen LogP contribution in [0.3, 0.4) is 0 Å². The first-order chi connectivity index (χ1) is 12.6. The molecule has 8 heteroatoms. The van der Waals surface area contributed by atoms with Crippen LogP contribution in [0.2, 0.25) is 0 Å². The number of aromatic nitrogens is 3. The van der Waals surface area contributed by atoms with E-state index in [1.807, 2.05) is 19.1 Å². The van der Waals surface area contributed by atoms with E-state index in [2.05, 4.69) is 15.6 Å². The van der Waals surface area contributed by atoms with E-state index in [1.165, 1.54) is 6.07 Å². The van der Waals surface area contributed by atoms with Crippen molar-refractivity contribution >= 4 is 12.2 Å². The average molecular weight is 374 g/mol. The van der Waals surface area contributed by atoms with Gasteiger partial charge in [-0.2, -0.15) is 5.10 Å². The molecule has 0 bridgehead atoms. The van der Waals surface area contributed by atoms with Gasteiger partial charge >= 0.3 is 0 Å². The van der Waals surface area contributed by atoms with E-state index in [9.17, 15) is 4.39 Å². The fourth-order valence-corrected chi connectivity index (χ4v) is 2.76. The minimum Gasteiger partial charge on any atom is -0.493 e. The van der Waals surface area contributed by atoms with Crippen LogP contribution in [0.4, 0.5) is 4.39 Å². The molecule has 0 aliphatic rings. The first kappa shape index (κ1) is 17.9. The fourth-order valence-electron chi connectivity index (χ4n) is 2.52. The predicted octanol–water partition coefficient (Wildman–Crippen LogP) is 3.72. The summed E-state index contributed by atoms with van der Waals surface area (Å²) >= 11 is 5.18. The van der Waals surface area contributed by atoms with Gasteiger partial charge in [0, 0.05) is 11.1 Å². The summed E-state index contributed by atoms with van der Waals surface area (Å²) in [5.74, 6) is 1.54. The zero-order valence-corrected chi connectivity index (χ0v) is 15.3. The number of aryl methyl sites for hydroxylation is 1. The molecule has 0 radical (unpaired) electrons. The molecule has 6 nitrogen and oxygen atoms in total. The third-order valence-corrected chi connectivity index (χ3v) is 4.15. The Hall–Kier alpha value is -2.87. The van der Waals surface area contributed by atoms with Crippen molar-refractivity contribution in [1.29, 1.82) is 0 Å². The second-order valence-corrected chi connectivity index (χ2v) is 5.96. The Morgan fingerprint density at radius 1 is 1.19 bits per heavy atom. The van der Waals surface area contributed by atoms with Crippen LogP contribution in [0, 0.1) is 17.5 Å². The summed E-state index contributed by atoms with van der Waals surface area (Å²) in [7, 11) is 1.57. The van der Waals surface area contributed by atoms with Gasteiger partial charge in [0.05, 0.1) is 13.7 Å². The smallest absolute Gasteiger partial charge is 0.214 e. The second-order valence-electron chi connectivity index (χ2n) is 5.57. The molecular weight excluding hydrogens is 355 g/mol. The number of rotatable bonds is 7. The SMILES string of the molecule is COc1cccc(CNn2c(C)n[nH]c2=S)c1OCc1ccccc1F. The number of aromatic amines is 1. The topological polar surface area (TPSA) is 64.1 Å². The molecule has 3 aromatic rings. The Morgan fingerprint density at radius 2 is 1.96 bits per heavy atom. The Kier molecular flexibility index (Phi) is 5.52. The van der Waals surface area contributed by atoms with Gasteiger partial charge in [0.1, 0.15) is 18.2 Å². The van der Waals surface area contributed by atoms with Crippen LogP contribution >= 0.6 is 12.2 Å². The second kappa shape index (κ2) is 8.01. The minimum absolute atomic E-state index is 0.101. The molecule has 2 aromatic carbocycles. The molecule has 0 aliphatic heterocycles. The molecule has 136 valence electrons. The first-order valence-electron chi connectivity index (χ1n) is 8.00. The highest BCUT2D eigenvalue weighted by molar-refractivity contribution is 7.71. The lowest BCUT2D eigenvalue weighted by Crippen LogP contribution is -2.17. The molecule has 0 saturated heterocycles. The van der Waals surface area contributed by atoms with E-state index in [-0.39, 0.29) is 12.4 Å². The Labute approximate surface area is 155 Å². The van der Waals surface area contributed by atoms with Gasteiger partial charge in [-0.25, -0.2) is 9.07 Å². The lowest BCUT2D eigenvalue weighted by Gasteiger charge is -2.16. The van der Waals surface area contributed by atoms with Gasteiger partial charge < -0.3 is 14.9 Å². The lowest BCUT2D eigenvalue weighted by molar-refractivity contribution is 0.277. The van der Waals surface area contributed by atoms with Crippen molar-refractivity contribution in [2.75, 3.05) is 12.5 Å². The Morgan fingerprint density at radius 3 is 2.65 bits per heavy atom. The number of ether oxygens (including phenoxy) is 2. The number of hydrogen-bond acceptors (Lipinski definition) is 5. The molecule has 1 heterocycles. The highest BCUT2D eigenvalue weighted by Crippen LogP contribution is 2.32. The number of halogens is 1. The van der Waals surface area contributed by atoms with Crippen LogP contribution < -0.4 is 14.9 Å². The summed E-state index contributed by atoms with van der Waals surface area (Å²) in [4.78, 5) is 0. The van der Waals surface area contributed by atoms with Gasteiger partial charge in [0.2, 0.25) is 4.77 Å². The number of hydrogen-bond donors (Lipinski definition) is 2. The van der Waals surface area contributed by atoms with Crippen molar-refractivity contribution in [2.24, 2.45) is 0 Å². The van der Waals surface area contributed by atoms with Crippen molar-refractivity contribution in [3.63, 3.8) is 0 Å². The van der Waals surface area contributed by atoms with E-state index >= 15 is 0 Å². The number of nitrogens with one attached hydrogen (secondary N) is 2. The van der Waals surface area contributed by atoms with Gasteiger partial charge in [0.25, 0.3) is 0 Å². The molecule has 1 aromatic heterocycles. The first-order valence-corrected chi connectivity index (χ1v) is 8.41. The zero-order chi connectivity index (χ0) is 18.5. The van der Waals surface area contributed by atoms with E-state index in [1.54, 1.807) is 36.1 Å². The molecule has 0 fully saturated rings. The van der Waals surface area contributed by atoms with Crippen molar-refractivity contribution in [2.45, 2.75) is 20.1 Å². The molecule has 0 unspecified atom stereocenters. The predicted molar refractivity (Wildman–Crippen MR) is 98.9 cm³/mol. The lowest BCUT2D eigenvalue weighted by atomic mass is 10.1. The number of nitrogens with zero attached hydrogens (tertiary/aromatic N) is 2. The molecule has 26 heavy (non-hydrogen) atoms. The van der Waals surface area contributed by atoms with Gasteiger partial charge in [-0.05, 0) is 31.3 Å². The summed E-state index contributed by atoms with van der Waals surface area (Å²) < 4.78 is 27.3. The van der Waals surface area contributed by atoms with Crippen LogP contribution in [-0.2, 0) is 13.2 Å². The number of H-pyrrole nitrogens is 1. The van der Waals surface area contributed by atoms with Crippen molar-refractivity contribution in [1.82, 2.24) is 14.9 Å². The molecular formula is C18H19FN4O2S. The quantitative estimate of drug-likeness (QED) is 0.617. The fraction of sp³-hybridized carbons (Fsp3) is 0.222. The molecule has 0 atom stereocenters. The van der Waals surface area contributed by atoms with Gasteiger partial charge in [0.15, 0.2) is 11.5 Å². The maximum absolute atomic E-state index is 13.8. The van der Waals surface area contributed by atoms with Crippen LogP contribution in [0.15, 0.2) is 42.5 Å². The van der Waals surface area contributed by atoms with Gasteiger partial charge in [-0.1, -0.05) is 30.3 Å². The van der Waals surface area contributed by atoms with Crippen molar-refractivity contribution < 1.29 is 13.9 Å². The Balaban J connectivity index is 1.82. The monoisotopic (exact) mass is 374 g/mol. The molecule has 3 rings (SSSR count). The van der Waals surface area contributed by atoms with Crippen LogP contribution in [0.25, 0.3) is 0 Å². The molecule has 0 spiro atoms. The Bertz CT molecular complexity index is 954. The summed E-state index contributed by atoms with van der Waals surface area (Å²) in [6.07, 6.45) is 0. The largest absolute Gasteiger partial charge is 0.493 e. The summed E-state index contributed by atoms with van der Waals surface area (Å²) in [6.45, 7) is 2.36. The van der Waals surface area contributed by atoms with Crippen LogP contribution in [0.1, 0.15) is 17.0 Å². The number of para-hydroxylation sites is 1. The third-order valence-electron chi connectivity index (χ3n) is 3.88. The van der Waals surface area contributed by atoms with E-state index in [0.29, 0.717) is 34.2 Å². The van der Waals surface area contributed by atoms with E-state index < -0.39 is 0 Å². The molecule has 0 amide bonds. The van der Waals surface area contributed by atoms with E-state index in [0.717, 1.165) is 5.56 Å². The minimum atomic E-state index is -0.303. The molecule has 2 N–H and O–H groups in total. The van der Waals surface area contributed by atoms with Crippen molar-refractivity contribution in [3.8, 4) is 11.5 Å². The molecule has 0 saturated carbocycles. The highest BCUT2D eigenvalue weighted by atomic mass is 32.1. The number of benzene rings is 2. The third kappa shape index (κ3) is 3.85. The van der Waals surface area contributed by atoms with Crippen LogP contribution in [-0.4, -0.2) is 22.0 Å². The van der Waals surface area contributed by atoms with Crippen LogP contribution in [0.5, 0.6) is 11.5 Å². The zero-order valence-electron chi connectivity index (χ0n) is 14.5. The normalized spacial score (nSPS) is 10.6. The highest BCUT2D eigenvalue weighted by Gasteiger charge is 2.13. The number of methoxy groups -OCH3 is 1. The molecule has 0 aliphatic carbocycles. The van der Waals surface area contributed by atoms with E-state index in [4.69, 9.17) is 21.7 Å². The summed E-state index contributed by atoms with van der Waals surface area (Å²) in [6, 6.07) is 12.1. The van der Waals surface area contributed by atoms with Crippen molar-refractivity contribution in [3.05, 3.63) is 70.0 Å². The summed E-state index contributed by atoms with van der Waals surface area (Å²) in [5.41, 5.74) is 4.52. The maximum Gasteiger partial charge on any atom is 0.214 e. The average Bonchev–Trinajstić information content (AvgIpc) is 2.97. The maximum atomic E-state index is 13.8.